The predicted molar refractivity (Wildman–Crippen MR) is 78.0 cm³/mol. The number of ether oxygens (including phenoxy) is 1. The van der Waals surface area contributed by atoms with Gasteiger partial charge in [0.15, 0.2) is 0 Å². The number of nitrogens with zero attached hydrogens (tertiary/aromatic N) is 1. The normalized spacial score (nSPS) is 19.0. The fraction of sp³-hybridized carbons (Fsp3) is 0.357. The van der Waals surface area contributed by atoms with Crippen molar-refractivity contribution in [2.24, 2.45) is 0 Å². The molecule has 1 heterocycles. The molecule has 0 spiro atoms. The second-order valence-electron chi connectivity index (χ2n) is 4.30. The Morgan fingerprint density at radius 2 is 2.37 bits per heavy atom. The van der Waals surface area contributed by atoms with Gasteiger partial charge in [0, 0.05) is 17.6 Å². The number of halogens is 1. The summed E-state index contributed by atoms with van der Waals surface area (Å²) in [7, 11) is 0. The molecule has 1 fully saturated rings. The van der Waals surface area contributed by atoms with Crippen molar-refractivity contribution in [3.63, 3.8) is 0 Å². The average molecular weight is 325 g/mol. The molecule has 1 aliphatic heterocycles. The van der Waals surface area contributed by atoms with E-state index in [0.717, 1.165) is 10.0 Å². The van der Waals surface area contributed by atoms with E-state index in [1.165, 1.54) is 0 Å². The van der Waals surface area contributed by atoms with Crippen LogP contribution in [0.25, 0.3) is 0 Å². The highest BCUT2D eigenvalue weighted by Gasteiger charge is 2.26. The molecular formula is C14H17BrN2O2. The monoisotopic (exact) mass is 324 g/mol. The summed E-state index contributed by atoms with van der Waals surface area (Å²) in [4.78, 5) is 13.7. The highest BCUT2D eigenvalue weighted by molar-refractivity contribution is 9.10. The van der Waals surface area contributed by atoms with E-state index >= 15 is 0 Å². The van der Waals surface area contributed by atoms with Gasteiger partial charge in [0.25, 0.3) is 0 Å². The van der Waals surface area contributed by atoms with Gasteiger partial charge in [-0.3, -0.25) is 0 Å². The lowest BCUT2D eigenvalue weighted by atomic mass is 10.1. The van der Waals surface area contributed by atoms with Crippen molar-refractivity contribution in [3.8, 4) is 0 Å². The first kappa shape index (κ1) is 14.1. The number of carbonyl (C=O) groups excluding carboxylic acids is 1. The maximum atomic E-state index is 11.9. The van der Waals surface area contributed by atoms with Crippen LogP contribution >= 0.6 is 15.9 Å². The fourth-order valence-corrected chi connectivity index (χ4v) is 2.57. The van der Waals surface area contributed by atoms with E-state index in [4.69, 9.17) is 4.74 Å². The summed E-state index contributed by atoms with van der Waals surface area (Å²) >= 11 is 3.52. The molecule has 0 bridgehead atoms. The number of hydrogen-bond donors (Lipinski definition) is 1. The third kappa shape index (κ3) is 3.58. The maximum absolute atomic E-state index is 11.9. The summed E-state index contributed by atoms with van der Waals surface area (Å²) in [6, 6.07) is 7.86. The molecule has 1 aromatic carbocycles. The first-order chi connectivity index (χ1) is 9.22. The lowest BCUT2D eigenvalue weighted by Gasteiger charge is -2.33. The molecule has 1 aliphatic rings. The van der Waals surface area contributed by atoms with E-state index in [1.807, 2.05) is 24.3 Å². The van der Waals surface area contributed by atoms with Crippen LogP contribution in [0.2, 0.25) is 0 Å². The number of benzene rings is 1. The van der Waals surface area contributed by atoms with Crippen LogP contribution in [0.5, 0.6) is 0 Å². The van der Waals surface area contributed by atoms with Crippen molar-refractivity contribution < 1.29 is 9.53 Å². The van der Waals surface area contributed by atoms with Gasteiger partial charge in [-0.05, 0) is 11.6 Å². The van der Waals surface area contributed by atoms with Gasteiger partial charge in [-0.15, -0.1) is 6.58 Å². The Kier molecular flexibility index (Phi) is 4.99. The second kappa shape index (κ2) is 6.73. The smallest absolute Gasteiger partial charge is 0.317 e. The van der Waals surface area contributed by atoms with E-state index < -0.39 is 0 Å². The summed E-state index contributed by atoms with van der Waals surface area (Å²) in [5.74, 6) is 0. The minimum atomic E-state index is -0.0844. The van der Waals surface area contributed by atoms with Crippen LogP contribution in [0.15, 0.2) is 41.4 Å². The summed E-state index contributed by atoms with van der Waals surface area (Å²) in [5.41, 5.74) is 1.07. The van der Waals surface area contributed by atoms with Gasteiger partial charge in [-0.1, -0.05) is 40.2 Å². The Morgan fingerprint density at radius 1 is 1.58 bits per heavy atom. The first-order valence-electron chi connectivity index (χ1n) is 6.22. The maximum Gasteiger partial charge on any atom is 0.317 e. The summed E-state index contributed by atoms with van der Waals surface area (Å²) in [6.07, 6.45) is 1.59. The van der Waals surface area contributed by atoms with Crippen molar-refractivity contribution in [2.75, 3.05) is 26.2 Å². The van der Waals surface area contributed by atoms with Crippen molar-refractivity contribution in [3.05, 3.63) is 47.0 Å². The van der Waals surface area contributed by atoms with Gasteiger partial charge < -0.3 is 15.0 Å². The van der Waals surface area contributed by atoms with Crippen LogP contribution < -0.4 is 5.32 Å². The number of urea groups is 1. The molecule has 19 heavy (non-hydrogen) atoms. The Hall–Kier alpha value is -1.33. The van der Waals surface area contributed by atoms with Crippen molar-refractivity contribution in [1.29, 1.82) is 0 Å². The minimum Gasteiger partial charge on any atom is -0.370 e. The third-order valence-electron chi connectivity index (χ3n) is 3.00. The zero-order valence-electron chi connectivity index (χ0n) is 10.6. The molecule has 0 aromatic heterocycles. The van der Waals surface area contributed by atoms with Gasteiger partial charge in [0.2, 0.25) is 0 Å². The largest absolute Gasteiger partial charge is 0.370 e. The molecule has 1 unspecified atom stereocenters. The number of carbonyl (C=O) groups is 1. The molecular weight excluding hydrogens is 308 g/mol. The van der Waals surface area contributed by atoms with Crippen LogP contribution in [0.1, 0.15) is 11.7 Å². The van der Waals surface area contributed by atoms with Crippen LogP contribution in [0.3, 0.4) is 0 Å². The quantitative estimate of drug-likeness (QED) is 0.868. The van der Waals surface area contributed by atoms with E-state index in [0.29, 0.717) is 26.2 Å². The third-order valence-corrected chi connectivity index (χ3v) is 3.73. The van der Waals surface area contributed by atoms with Crippen molar-refractivity contribution in [1.82, 2.24) is 10.2 Å². The summed E-state index contributed by atoms with van der Waals surface area (Å²) < 4.78 is 6.77. The van der Waals surface area contributed by atoms with Crippen LogP contribution in [0, 0.1) is 0 Å². The summed E-state index contributed by atoms with van der Waals surface area (Å²) in [5, 5.41) is 2.79. The molecule has 1 N–H and O–H groups in total. The number of rotatable bonds is 3. The van der Waals surface area contributed by atoms with Crippen molar-refractivity contribution in [2.45, 2.75) is 6.10 Å². The molecule has 1 saturated heterocycles. The lowest BCUT2D eigenvalue weighted by molar-refractivity contribution is -0.0156. The molecule has 102 valence electrons. The Bertz CT molecular complexity index is 465. The fourth-order valence-electron chi connectivity index (χ4n) is 2.03. The van der Waals surface area contributed by atoms with E-state index in [9.17, 15) is 4.79 Å². The molecule has 0 saturated carbocycles. The lowest BCUT2D eigenvalue weighted by Crippen LogP contribution is -2.47. The molecule has 2 amide bonds. The van der Waals surface area contributed by atoms with Gasteiger partial charge in [-0.2, -0.15) is 0 Å². The molecule has 2 rings (SSSR count). The second-order valence-corrected chi connectivity index (χ2v) is 5.16. The number of hydrogen-bond acceptors (Lipinski definition) is 2. The van der Waals surface area contributed by atoms with Gasteiger partial charge in [-0.25, -0.2) is 4.79 Å². The van der Waals surface area contributed by atoms with Gasteiger partial charge in [0.05, 0.1) is 13.2 Å². The zero-order chi connectivity index (χ0) is 13.7. The molecule has 4 nitrogen and oxygen atoms in total. The highest BCUT2D eigenvalue weighted by atomic mass is 79.9. The van der Waals surface area contributed by atoms with Gasteiger partial charge >= 0.3 is 6.03 Å². The topological polar surface area (TPSA) is 41.6 Å². The van der Waals surface area contributed by atoms with Crippen molar-refractivity contribution >= 4 is 22.0 Å². The molecule has 5 heteroatoms. The minimum absolute atomic E-state index is 0.0692. The molecule has 1 atom stereocenters. The Balaban J connectivity index is 2.03. The Morgan fingerprint density at radius 3 is 3.11 bits per heavy atom. The standard InChI is InChI=1S/C14H17BrN2O2/c1-2-7-16-14(18)17-8-9-19-13(10-17)11-5-3-4-6-12(11)15/h2-6,13H,1,7-10H2,(H,16,18). The van der Waals surface area contributed by atoms with Crippen LogP contribution in [-0.2, 0) is 4.74 Å². The number of morpholine rings is 1. The molecule has 0 aliphatic carbocycles. The van der Waals surface area contributed by atoms with Crippen LogP contribution in [0.4, 0.5) is 4.79 Å². The first-order valence-corrected chi connectivity index (χ1v) is 7.01. The van der Waals surface area contributed by atoms with Gasteiger partial charge in [0.1, 0.15) is 6.10 Å². The zero-order valence-corrected chi connectivity index (χ0v) is 12.2. The predicted octanol–water partition coefficient (Wildman–Crippen LogP) is 2.72. The Labute approximate surface area is 121 Å². The molecule has 1 aromatic rings. The van der Waals surface area contributed by atoms with E-state index in [1.54, 1.807) is 11.0 Å². The number of nitrogens with one attached hydrogen (secondary N) is 1. The average Bonchev–Trinajstić information content (AvgIpc) is 2.45. The number of amides is 2. The summed E-state index contributed by atoms with van der Waals surface area (Å²) in [6.45, 7) is 5.80. The van der Waals surface area contributed by atoms with Crippen LogP contribution in [-0.4, -0.2) is 37.2 Å². The molecule has 0 radical (unpaired) electrons. The van der Waals surface area contributed by atoms with E-state index in [2.05, 4.69) is 27.8 Å². The van der Waals surface area contributed by atoms with E-state index in [-0.39, 0.29) is 12.1 Å². The highest BCUT2D eigenvalue weighted by Crippen LogP contribution is 2.28. The SMILES string of the molecule is C=CCNC(=O)N1CCOC(c2ccccc2Br)C1.